The molecule has 1 N–H and O–H groups in total. The number of imidazole rings is 1. The van der Waals surface area contributed by atoms with Gasteiger partial charge in [0.05, 0.1) is 35.9 Å². The Hall–Kier alpha value is -3.95. The number of benzene rings is 2. The van der Waals surface area contributed by atoms with E-state index >= 15 is 0 Å². The minimum atomic E-state index is -0.304. The zero-order chi connectivity index (χ0) is 27.3. The first-order chi connectivity index (χ1) is 18.9. The maximum atomic E-state index is 14.0. The Kier molecular flexibility index (Phi) is 6.48. The quantitative estimate of drug-likeness (QED) is 0.325. The van der Waals surface area contributed by atoms with Crippen LogP contribution in [0.4, 0.5) is 0 Å². The highest BCUT2D eigenvalue weighted by molar-refractivity contribution is 7.22. The first kappa shape index (κ1) is 25.3. The van der Waals surface area contributed by atoms with E-state index in [-0.39, 0.29) is 17.3 Å². The van der Waals surface area contributed by atoms with Crippen LogP contribution in [-0.2, 0) is 13.0 Å². The van der Waals surface area contributed by atoms with Crippen molar-refractivity contribution >= 4 is 21.6 Å². The van der Waals surface area contributed by atoms with E-state index in [0.717, 1.165) is 52.3 Å². The third-order valence-corrected chi connectivity index (χ3v) is 8.94. The van der Waals surface area contributed by atoms with Gasteiger partial charge in [-0.15, -0.1) is 11.3 Å². The molecule has 5 aromatic rings. The van der Waals surface area contributed by atoms with Crippen molar-refractivity contribution in [2.24, 2.45) is 0 Å². The van der Waals surface area contributed by atoms with E-state index in [1.165, 1.54) is 15.9 Å². The first-order valence-corrected chi connectivity index (χ1v) is 14.0. The van der Waals surface area contributed by atoms with E-state index in [9.17, 15) is 9.59 Å². The largest absolute Gasteiger partial charge is 0.495 e. The van der Waals surface area contributed by atoms with Gasteiger partial charge in [0.2, 0.25) is 0 Å². The maximum Gasteiger partial charge on any atom is 0.336 e. The number of thiophene rings is 1. The van der Waals surface area contributed by atoms with Gasteiger partial charge in [-0.05, 0) is 74.2 Å². The van der Waals surface area contributed by atoms with Crippen molar-refractivity contribution in [1.29, 1.82) is 0 Å². The van der Waals surface area contributed by atoms with Crippen LogP contribution in [0, 0.1) is 13.8 Å². The summed E-state index contributed by atoms with van der Waals surface area (Å²) in [5, 5.41) is 3.99. The molecule has 1 atom stereocenters. The van der Waals surface area contributed by atoms with E-state index in [0.29, 0.717) is 28.2 Å². The molecule has 0 saturated carbocycles. The van der Waals surface area contributed by atoms with Crippen molar-refractivity contribution in [1.82, 2.24) is 24.0 Å². The van der Waals surface area contributed by atoms with Crippen LogP contribution >= 0.6 is 11.3 Å². The number of methoxy groups -OCH3 is 1. The number of fused-ring (bicyclic) bond motifs is 1. The number of aromatic nitrogens is 4. The van der Waals surface area contributed by atoms with Crippen LogP contribution in [0.2, 0.25) is 0 Å². The van der Waals surface area contributed by atoms with E-state index in [1.54, 1.807) is 18.0 Å². The number of nitrogens with one attached hydrogen (secondary N) is 1. The normalized spacial score (nSPS) is 15.0. The van der Waals surface area contributed by atoms with Crippen molar-refractivity contribution < 1.29 is 4.74 Å². The number of hydrogen-bond acceptors (Lipinski definition) is 6. The molecule has 0 amide bonds. The average Bonchev–Trinajstić information content (AvgIpc) is 3.50. The van der Waals surface area contributed by atoms with Gasteiger partial charge in [0.1, 0.15) is 10.6 Å². The molecule has 1 unspecified atom stereocenters. The highest BCUT2D eigenvalue weighted by atomic mass is 32.1. The lowest BCUT2D eigenvalue weighted by Gasteiger charge is -2.28. The van der Waals surface area contributed by atoms with Gasteiger partial charge in [0.25, 0.3) is 5.56 Å². The van der Waals surface area contributed by atoms with Crippen LogP contribution in [0.15, 0.2) is 64.6 Å². The fourth-order valence-electron chi connectivity index (χ4n) is 5.20. The molecule has 0 bridgehead atoms. The van der Waals surface area contributed by atoms with Gasteiger partial charge in [-0.25, -0.2) is 14.3 Å². The van der Waals surface area contributed by atoms with Crippen LogP contribution < -0.4 is 21.3 Å². The Morgan fingerprint density at radius 1 is 1.13 bits per heavy atom. The SMILES string of the molecule is CCc1ccc(-n2c(=O)c3c(C)c(-c4ccc(-n5cnc(C)c5)c(OC)c4)sc3n(CC3CCN3)c2=O)cc1. The predicted molar refractivity (Wildman–Crippen MR) is 156 cm³/mol. The van der Waals surface area contributed by atoms with Crippen molar-refractivity contribution in [3.63, 3.8) is 0 Å². The molecule has 2 aromatic carbocycles. The van der Waals surface area contributed by atoms with E-state index in [2.05, 4.69) is 17.2 Å². The molecule has 0 spiro atoms. The fourth-order valence-corrected chi connectivity index (χ4v) is 6.50. The standard InChI is InChI=1S/C30H31N5O3S/c1-5-20-6-9-23(10-7-20)35-28(36)26-19(3)27(39-29(26)34(30(35)37)16-22-12-13-31-22)21-8-11-24(25(14-21)38-4)33-15-18(2)32-17-33/h6-11,14-15,17,22,31H,5,12-13,16H2,1-4H3. The van der Waals surface area contributed by atoms with E-state index in [1.807, 2.05) is 67.1 Å². The third kappa shape index (κ3) is 4.31. The van der Waals surface area contributed by atoms with Crippen LogP contribution in [-0.4, -0.2) is 38.4 Å². The summed E-state index contributed by atoms with van der Waals surface area (Å²) in [6, 6.07) is 13.9. The Balaban J connectivity index is 1.56. The smallest absolute Gasteiger partial charge is 0.336 e. The molecule has 39 heavy (non-hydrogen) atoms. The zero-order valence-corrected chi connectivity index (χ0v) is 23.3. The summed E-state index contributed by atoms with van der Waals surface area (Å²) < 4.78 is 10.8. The lowest BCUT2D eigenvalue weighted by Crippen LogP contribution is -2.49. The molecule has 1 fully saturated rings. The molecule has 0 radical (unpaired) electrons. The maximum absolute atomic E-state index is 14.0. The van der Waals surface area contributed by atoms with Gasteiger partial charge < -0.3 is 14.6 Å². The highest BCUT2D eigenvalue weighted by Gasteiger charge is 2.25. The summed E-state index contributed by atoms with van der Waals surface area (Å²) in [5.41, 5.74) is 4.76. The molecule has 1 aliphatic rings. The summed E-state index contributed by atoms with van der Waals surface area (Å²) in [4.78, 5) is 33.8. The number of aryl methyl sites for hydroxylation is 3. The Morgan fingerprint density at radius 2 is 1.90 bits per heavy atom. The third-order valence-electron chi connectivity index (χ3n) is 7.58. The van der Waals surface area contributed by atoms with Gasteiger partial charge in [-0.2, -0.15) is 0 Å². The number of nitrogens with zero attached hydrogens (tertiary/aromatic N) is 4. The highest BCUT2D eigenvalue weighted by Crippen LogP contribution is 2.39. The van der Waals surface area contributed by atoms with Crippen LogP contribution in [0.5, 0.6) is 5.75 Å². The molecule has 8 nitrogen and oxygen atoms in total. The van der Waals surface area contributed by atoms with Crippen molar-refractivity contribution in [2.45, 2.75) is 46.2 Å². The lowest BCUT2D eigenvalue weighted by atomic mass is 10.1. The van der Waals surface area contributed by atoms with E-state index in [4.69, 9.17) is 4.74 Å². The molecule has 6 rings (SSSR count). The summed E-state index contributed by atoms with van der Waals surface area (Å²) in [7, 11) is 1.65. The summed E-state index contributed by atoms with van der Waals surface area (Å²) in [6.07, 6.45) is 5.61. The zero-order valence-electron chi connectivity index (χ0n) is 22.5. The van der Waals surface area contributed by atoms with Crippen molar-refractivity contribution in [3.05, 3.63) is 92.6 Å². The monoisotopic (exact) mass is 541 g/mol. The summed E-state index contributed by atoms with van der Waals surface area (Å²) in [6.45, 7) is 7.46. The van der Waals surface area contributed by atoms with Crippen molar-refractivity contribution in [3.8, 4) is 27.6 Å². The molecular weight excluding hydrogens is 510 g/mol. The second kappa shape index (κ2) is 9.98. The number of hydrogen-bond donors (Lipinski definition) is 1. The molecule has 0 aliphatic carbocycles. The van der Waals surface area contributed by atoms with Gasteiger partial charge in [0, 0.05) is 23.7 Å². The fraction of sp³-hybridized carbons (Fsp3) is 0.300. The van der Waals surface area contributed by atoms with Gasteiger partial charge in [-0.3, -0.25) is 9.36 Å². The minimum Gasteiger partial charge on any atom is -0.495 e. The Morgan fingerprint density at radius 3 is 2.51 bits per heavy atom. The van der Waals surface area contributed by atoms with Crippen LogP contribution in [0.25, 0.3) is 32.0 Å². The molecule has 200 valence electrons. The van der Waals surface area contributed by atoms with Gasteiger partial charge in [0.15, 0.2) is 0 Å². The summed E-state index contributed by atoms with van der Waals surface area (Å²) in [5.74, 6) is 0.700. The van der Waals surface area contributed by atoms with Crippen molar-refractivity contribution in [2.75, 3.05) is 13.7 Å². The van der Waals surface area contributed by atoms with E-state index < -0.39 is 0 Å². The molecule has 1 saturated heterocycles. The summed E-state index contributed by atoms with van der Waals surface area (Å²) >= 11 is 1.49. The van der Waals surface area contributed by atoms with Crippen LogP contribution in [0.3, 0.4) is 0 Å². The Labute approximate surface area is 230 Å². The molecular formula is C30H31N5O3S. The average molecular weight is 542 g/mol. The van der Waals surface area contributed by atoms with Gasteiger partial charge >= 0.3 is 5.69 Å². The number of ether oxygens (including phenoxy) is 1. The molecule has 3 aromatic heterocycles. The lowest BCUT2D eigenvalue weighted by molar-refractivity contribution is 0.329. The predicted octanol–water partition coefficient (Wildman–Crippen LogP) is 4.62. The second-order valence-corrected chi connectivity index (χ2v) is 11.0. The topological polar surface area (TPSA) is 83.1 Å². The van der Waals surface area contributed by atoms with Gasteiger partial charge in [-0.1, -0.05) is 25.1 Å². The number of rotatable bonds is 7. The molecule has 1 aliphatic heterocycles. The first-order valence-electron chi connectivity index (χ1n) is 13.2. The molecule has 9 heteroatoms. The second-order valence-electron chi connectivity index (χ2n) is 10.0. The molecule has 4 heterocycles. The Bertz CT molecular complexity index is 1810. The van der Waals surface area contributed by atoms with Crippen LogP contribution in [0.1, 0.15) is 30.2 Å². The minimum absolute atomic E-state index is 0.211.